The normalized spacial score (nSPS) is 10.0. The van der Waals surface area contributed by atoms with Gasteiger partial charge in [-0.1, -0.05) is 6.92 Å². The first-order chi connectivity index (χ1) is 6.19. The van der Waals surface area contributed by atoms with Crippen LogP contribution in [0.5, 0.6) is 0 Å². The lowest BCUT2D eigenvalue weighted by Gasteiger charge is -2.03. The predicted octanol–water partition coefficient (Wildman–Crippen LogP) is 2.06. The van der Waals surface area contributed by atoms with E-state index in [0.717, 1.165) is 12.1 Å². The molecule has 4 heteroatoms. The van der Waals surface area contributed by atoms with Crippen LogP contribution in [0, 0.1) is 0 Å². The maximum Gasteiger partial charge on any atom is 0.355 e. The molecule has 0 fully saturated rings. The van der Waals surface area contributed by atoms with Gasteiger partial charge >= 0.3 is 5.97 Å². The smallest absolute Gasteiger partial charge is 0.355 e. The van der Waals surface area contributed by atoms with Crippen LogP contribution in [0.4, 0.5) is 0 Å². The molecule has 0 bridgehead atoms. The quantitative estimate of drug-likeness (QED) is 0.753. The summed E-state index contributed by atoms with van der Waals surface area (Å²) in [5.74, 6) is -0.959. The van der Waals surface area contributed by atoms with Gasteiger partial charge in [-0.05, 0) is 24.8 Å². The van der Waals surface area contributed by atoms with Gasteiger partial charge in [0.05, 0.1) is 0 Å². The summed E-state index contributed by atoms with van der Waals surface area (Å²) in [6.07, 6.45) is 2.60. The highest BCUT2D eigenvalue weighted by atomic mass is 32.2. The number of carbonyl (C=O) groups is 1. The van der Waals surface area contributed by atoms with E-state index in [2.05, 4.69) is 4.98 Å². The van der Waals surface area contributed by atoms with Crippen molar-refractivity contribution < 1.29 is 9.90 Å². The number of pyridine rings is 1. The van der Waals surface area contributed by atoms with Gasteiger partial charge in [0.1, 0.15) is 0 Å². The predicted molar refractivity (Wildman–Crippen MR) is 52.4 cm³/mol. The topological polar surface area (TPSA) is 50.2 Å². The summed E-state index contributed by atoms with van der Waals surface area (Å²) >= 11 is 1.40. The third-order valence-electron chi connectivity index (χ3n) is 1.70. The first-order valence-corrected chi connectivity index (χ1v) is 5.18. The molecule has 0 saturated carbocycles. The molecule has 1 aromatic heterocycles. The van der Waals surface area contributed by atoms with Crippen LogP contribution in [0.3, 0.4) is 0 Å². The molecule has 0 saturated heterocycles. The fourth-order valence-corrected chi connectivity index (χ4v) is 1.53. The van der Waals surface area contributed by atoms with Crippen molar-refractivity contribution in [1.29, 1.82) is 0 Å². The average molecular weight is 197 g/mol. The number of hydrogen-bond acceptors (Lipinski definition) is 3. The highest BCUT2D eigenvalue weighted by Gasteiger charge is 2.11. The Hall–Kier alpha value is -1.03. The van der Waals surface area contributed by atoms with E-state index in [4.69, 9.17) is 5.11 Å². The van der Waals surface area contributed by atoms with Crippen LogP contribution in [-0.2, 0) is 6.42 Å². The first-order valence-electron chi connectivity index (χ1n) is 3.96. The van der Waals surface area contributed by atoms with E-state index in [9.17, 15) is 4.79 Å². The zero-order valence-corrected chi connectivity index (χ0v) is 8.39. The Labute approximate surface area is 81.2 Å². The number of hydrogen-bond donors (Lipinski definition) is 1. The summed E-state index contributed by atoms with van der Waals surface area (Å²) < 4.78 is 0. The van der Waals surface area contributed by atoms with Gasteiger partial charge in [-0.25, -0.2) is 9.78 Å². The highest BCUT2D eigenvalue weighted by molar-refractivity contribution is 7.98. The Morgan fingerprint density at radius 2 is 2.31 bits per heavy atom. The molecule has 1 heterocycles. The Kier molecular flexibility index (Phi) is 3.31. The van der Waals surface area contributed by atoms with Gasteiger partial charge in [0.2, 0.25) is 0 Å². The van der Waals surface area contributed by atoms with Crippen molar-refractivity contribution in [3.8, 4) is 0 Å². The van der Waals surface area contributed by atoms with Crippen LogP contribution >= 0.6 is 11.8 Å². The van der Waals surface area contributed by atoms with Crippen molar-refractivity contribution in [3.63, 3.8) is 0 Å². The minimum Gasteiger partial charge on any atom is -0.476 e. The standard InChI is InChI=1S/C9H11NO2S/c1-3-6-4-5-7(13-2)8(10-6)9(11)12/h4-5H,3H2,1-2H3,(H,11,12). The molecule has 1 aromatic rings. The number of aryl methyl sites for hydroxylation is 1. The number of rotatable bonds is 3. The van der Waals surface area contributed by atoms with Crippen molar-refractivity contribution in [3.05, 3.63) is 23.5 Å². The molecule has 0 unspecified atom stereocenters. The van der Waals surface area contributed by atoms with E-state index in [1.165, 1.54) is 11.8 Å². The number of carboxylic acid groups (broad SMARTS) is 1. The number of thioether (sulfide) groups is 1. The molecule has 70 valence electrons. The number of aromatic carboxylic acids is 1. The Balaban J connectivity index is 3.18. The summed E-state index contributed by atoms with van der Waals surface area (Å²) in [4.78, 5) is 15.5. The van der Waals surface area contributed by atoms with E-state index in [0.29, 0.717) is 4.90 Å². The zero-order chi connectivity index (χ0) is 9.84. The molecule has 0 atom stereocenters. The van der Waals surface area contributed by atoms with Gasteiger partial charge < -0.3 is 5.11 Å². The van der Waals surface area contributed by atoms with Crippen molar-refractivity contribution in [2.45, 2.75) is 18.2 Å². The summed E-state index contributed by atoms with van der Waals surface area (Å²) in [5, 5.41) is 8.84. The molecule has 13 heavy (non-hydrogen) atoms. The average Bonchev–Trinajstić information content (AvgIpc) is 2.16. The molecule has 0 aliphatic carbocycles. The second-order valence-corrected chi connectivity index (χ2v) is 3.36. The van der Waals surface area contributed by atoms with Crippen molar-refractivity contribution in [2.75, 3.05) is 6.26 Å². The Bertz CT molecular complexity index is 325. The first kappa shape index (κ1) is 10.1. The monoisotopic (exact) mass is 197 g/mol. The lowest BCUT2D eigenvalue weighted by atomic mass is 10.2. The third kappa shape index (κ3) is 2.21. The Morgan fingerprint density at radius 1 is 1.62 bits per heavy atom. The summed E-state index contributed by atoms with van der Waals surface area (Å²) in [5.41, 5.74) is 0.974. The van der Waals surface area contributed by atoms with Gasteiger partial charge in [0, 0.05) is 10.6 Å². The molecule has 0 amide bonds. The number of aromatic nitrogens is 1. The lowest BCUT2D eigenvalue weighted by molar-refractivity contribution is 0.0686. The van der Waals surface area contributed by atoms with Gasteiger partial charge in [-0.15, -0.1) is 11.8 Å². The van der Waals surface area contributed by atoms with Gasteiger partial charge in [0.15, 0.2) is 5.69 Å². The molecule has 0 radical (unpaired) electrons. The minimum absolute atomic E-state index is 0.159. The van der Waals surface area contributed by atoms with Crippen LogP contribution < -0.4 is 0 Å². The van der Waals surface area contributed by atoms with Crippen LogP contribution in [0.1, 0.15) is 23.1 Å². The summed E-state index contributed by atoms with van der Waals surface area (Å²) in [6, 6.07) is 3.66. The Morgan fingerprint density at radius 3 is 2.77 bits per heavy atom. The number of nitrogens with zero attached hydrogens (tertiary/aromatic N) is 1. The van der Waals surface area contributed by atoms with Gasteiger partial charge in [-0.2, -0.15) is 0 Å². The fraction of sp³-hybridized carbons (Fsp3) is 0.333. The fourth-order valence-electron chi connectivity index (χ4n) is 1.00. The third-order valence-corrected chi connectivity index (χ3v) is 2.47. The van der Waals surface area contributed by atoms with E-state index in [1.807, 2.05) is 19.2 Å². The zero-order valence-electron chi connectivity index (χ0n) is 7.57. The van der Waals surface area contributed by atoms with E-state index in [-0.39, 0.29) is 5.69 Å². The van der Waals surface area contributed by atoms with Crippen molar-refractivity contribution in [1.82, 2.24) is 4.98 Å². The molecule has 0 aromatic carbocycles. The maximum atomic E-state index is 10.8. The summed E-state index contributed by atoms with van der Waals surface area (Å²) in [6.45, 7) is 1.95. The highest BCUT2D eigenvalue weighted by Crippen LogP contribution is 2.19. The number of carboxylic acids is 1. The second kappa shape index (κ2) is 4.28. The van der Waals surface area contributed by atoms with Crippen molar-refractivity contribution >= 4 is 17.7 Å². The molecule has 3 nitrogen and oxygen atoms in total. The van der Waals surface area contributed by atoms with Crippen LogP contribution in [-0.4, -0.2) is 22.3 Å². The molecular formula is C9H11NO2S. The van der Waals surface area contributed by atoms with E-state index in [1.54, 1.807) is 6.07 Å². The van der Waals surface area contributed by atoms with Crippen LogP contribution in [0.15, 0.2) is 17.0 Å². The minimum atomic E-state index is -0.959. The second-order valence-electron chi connectivity index (χ2n) is 2.51. The van der Waals surface area contributed by atoms with Gasteiger partial charge in [0.25, 0.3) is 0 Å². The lowest BCUT2D eigenvalue weighted by Crippen LogP contribution is -2.04. The largest absolute Gasteiger partial charge is 0.476 e. The molecule has 0 aliphatic heterocycles. The van der Waals surface area contributed by atoms with E-state index >= 15 is 0 Å². The summed E-state index contributed by atoms with van der Waals surface area (Å²) in [7, 11) is 0. The molecule has 0 spiro atoms. The van der Waals surface area contributed by atoms with Crippen LogP contribution in [0.2, 0.25) is 0 Å². The van der Waals surface area contributed by atoms with Gasteiger partial charge in [-0.3, -0.25) is 0 Å². The van der Waals surface area contributed by atoms with E-state index < -0.39 is 5.97 Å². The molecule has 0 aliphatic rings. The van der Waals surface area contributed by atoms with Crippen LogP contribution in [0.25, 0.3) is 0 Å². The SMILES string of the molecule is CCc1ccc(SC)c(C(=O)O)n1. The molecule has 1 rings (SSSR count). The molecule has 1 N–H and O–H groups in total. The molecular weight excluding hydrogens is 186 g/mol. The maximum absolute atomic E-state index is 10.8. The van der Waals surface area contributed by atoms with Crippen molar-refractivity contribution in [2.24, 2.45) is 0 Å².